The van der Waals surface area contributed by atoms with Gasteiger partial charge in [-0.05, 0) is 111 Å². The second-order valence-corrected chi connectivity index (χ2v) is 10.1. The molecule has 0 fully saturated rings. The average molecular weight is 578 g/mol. The van der Waals surface area contributed by atoms with Crippen molar-refractivity contribution < 1.29 is 28.8 Å². The standard InChI is InChI=1S/C44H28/c1-4-12-32-25-35(20-17-29(32)9-1)36-23-24-41-42(28-36)44(38-22-19-31-11-3-6-14-34(31)27-38)40-16-8-7-15-39(40)43(41)37-21-18-30-10-2-5-13-33(30)26-37/h1-28H/i1D,3D,4D,6D,7D,8D,9D,11D,12D,14D,15D,16D,17D,19D,20D,22D,23D,24D,25D,27D,28D. The van der Waals surface area contributed by atoms with Gasteiger partial charge in [-0.3, -0.25) is 0 Å². The van der Waals surface area contributed by atoms with Gasteiger partial charge in [0.25, 0.3) is 0 Å². The first-order chi connectivity index (χ1) is 30.6. The van der Waals surface area contributed by atoms with Crippen LogP contribution in [0.2, 0.25) is 0 Å². The highest BCUT2D eigenvalue weighted by molar-refractivity contribution is 6.22. The van der Waals surface area contributed by atoms with Crippen molar-refractivity contribution in [1.29, 1.82) is 0 Å². The van der Waals surface area contributed by atoms with Gasteiger partial charge in [0.2, 0.25) is 0 Å². The summed E-state index contributed by atoms with van der Waals surface area (Å²) >= 11 is 0. The maximum Gasteiger partial charge on any atom is 0.0636 e. The van der Waals surface area contributed by atoms with Crippen LogP contribution in [-0.2, 0) is 0 Å². The van der Waals surface area contributed by atoms with Crippen molar-refractivity contribution in [2.75, 3.05) is 0 Å². The number of hydrogen-bond acceptors (Lipinski definition) is 0. The van der Waals surface area contributed by atoms with Gasteiger partial charge in [-0.25, -0.2) is 0 Å². The van der Waals surface area contributed by atoms with Gasteiger partial charge in [-0.1, -0.05) is 145 Å². The van der Waals surface area contributed by atoms with Gasteiger partial charge in [-0.15, -0.1) is 0 Å². The summed E-state index contributed by atoms with van der Waals surface area (Å²) in [6.45, 7) is 0. The number of fused-ring (bicyclic) bond motifs is 5. The molecule has 0 amide bonds. The van der Waals surface area contributed by atoms with Gasteiger partial charge in [0.15, 0.2) is 0 Å². The van der Waals surface area contributed by atoms with Crippen molar-refractivity contribution in [3.05, 3.63) is 169 Å². The summed E-state index contributed by atoms with van der Waals surface area (Å²) in [6, 6.07) is -4.22. The third-order valence-electron chi connectivity index (χ3n) is 7.54. The first-order valence-electron chi connectivity index (χ1n) is 24.1. The first kappa shape index (κ1) is 11.8. The van der Waals surface area contributed by atoms with Crippen LogP contribution in [0.25, 0.3) is 87.2 Å². The first-order valence-corrected chi connectivity index (χ1v) is 13.6. The van der Waals surface area contributed by atoms with Crippen LogP contribution < -0.4 is 0 Å². The molecule has 0 spiro atoms. The average Bonchev–Trinajstić information content (AvgIpc) is 3.29. The van der Waals surface area contributed by atoms with E-state index in [1.165, 1.54) is 0 Å². The third-order valence-corrected chi connectivity index (χ3v) is 7.54. The summed E-state index contributed by atoms with van der Waals surface area (Å²) in [6.07, 6.45) is 0. The second-order valence-electron chi connectivity index (χ2n) is 10.1. The van der Waals surface area contributed by atoms with Crippen molar-refractivity contribution in [3.8, 4) is 33.4 Å². The predicted molar refractivity (Wildman–Crippen MR) is 190 cm³/mol. The van der Waals surface area contributed by atoms with Gasteiger partial charge in [0.1, 0.15) is 0 Å². The molecule has 0 atom stereocenters. The Morgan fingerprint density at radius 3 is 1.57 bits per heavy atom. The van der Waals surface area contributed by atoms with E-state index in [4.69, 9.17) is 17.8 Å². The fourth-order valence-corrected chi connectivity index (χ4v) is 5.54. The van der Waals surface area contributed by atoms with Crippen LogP contribution in [0, 0.1) is 0 Å². The van der Waals surface area contributed by atoms with Crippen LogP contribution in [0.3, 0.4) is 0 Å². The van der Waals surface area contributed by atoms with Crippen LogP contribution >= 0.6 is 0 Å². The lowest BCUT2D eigenvalue weighted by Crippen LogP contribution is -1.92. The van der Waals surface area contributed by atoms with E-state index in [9.17, 15) is 11.0 Å². The van der Waals surface area contributed by atoms with E-state index in [2.05, 4.69) is 0 Å². The summed E-state index contributed by atoms with van der Waals surface area (Å²) in [4.78, 5) is 0. The number of hydrogen-bond donors (Lipinski definition) is 0. The molecule has 204 valence electrons. The Morgan fingerprint density at radius 1 is 0.318 bits per heavy atom. The highest BCUT2D eigenvalue weighted by atomic mass is 14.2. The minimum Gasteiger partial charge on any atom is -0.0616 e. The van der Waals surface area contributed by atoms with E-state index < -0.39 is 181 Å². The van der Waals surface area contributed by atoms with Crippen LogP contribution in [0.5, 0.6) is 0 Å². The summed E-state index contributed by atoms with van der Waals surface area (Å²) < 4.78 is 189. The molecule has 0 aromatic heterocycles. The maximum atomic E-state index is 10.1. The number of rotatable bonds is 3. The van der Waals surface area contributed by atoms with Crippen molar-refractivity contribution in [2.45, 2.75) is 0 Å². The normalized spacial score (nSPS) is 18.3. The van der Waals surface area contributed by atoms with Crippen molar-refractivity contribution >= 4 is 53.9 Å². The Labute approximate surface area is 286 Å². The molecule has 0 saturated carbocycles. The van der Waals surface area contributed by atoms with Crippen molar-refractivity contribution in [2.24, 2.45) is 0 Å². The quantitative estimate of drug-likeness (QED) is 0.183. The highest BCUT2D eigenvalue weighted by Crippen LogP contribution is 2.45. The SMILES string of the molecule is [2H]c1c([2H])c([2H])c2c([2H])c(-c3c([2H])c([2H])c4c(-c5ccc6ccccc6c5)c5c([2H])c([2H])c([2H])c([2H])c5c(-c5c([2H])c([2H])c6c([2H])c([2H])c([2H])c([2H])c6c5[2H])c4c3[2H])c([2H])c([2H])c2c1[2H]. The Balaban J connectivity index is 1.64. The lowest BCUT2D eigenvalue weighted by molar-refractivity contribution is 1.66. The molecule has 0 heterocycles. The molecule has 0 aliphatic heterocycles. The van der Waals surface area contributed by atoms with E-state index in [1.807, 2.05) is 6.07 Å². The molecule has 9 aromatic rings. The molecular weight excluding hydrogens is 528 g/mol. The van der Waals surface area contributed by atoms with Crippen molar-refractivity contribution in [1.82, 2.24) is 0 Å². The Kier molecular flexibility index (Phi) is 2.65. The summed E-state index contributed by atoms with van der Waals surface area (Å²) in [5, 5.41) is -2.18. The molecule has 9 rings (SSSR count). The van der Waals surface area contributed by atoms with Gasteiger partial charge in [0, 0.05) is 0 Å². The fraction of sp³-hybridized carbons (Fsp3) is 0. The summed E-state index contributed by atoms with van der Waals surface area (Å²) in [5.74, 6) is 0. The predicted octanol–water partition coefficient (Wildman–Crippen LogP) is 12.5. The molecule has 0 heteroatoms. The zero-order valence-electron chi connectivity index (χ0n) is 43.5. The third kappa shape index (κ3) is 4.00. The molecule has 0 aliphatic carbocycles. The van der Waals surface area contributed by atoms with Crippen LogP contribution in [0.1, 0.15) is 28.8 Å². The van der Waals surface area contributed by atoms with E-state index in [0.29, 0.717) is 5.39 Å². The van der Waals surface area contributed by atoms with Crippen LogP contribution in [0.15, 0.2) is 169 Å². The minimum absolute atomic E-state index is 0.0899. The Hall–Kier alpha value is -5.72. The zero-order chi connectivity index (χ0) is 47.3. The maximum absolute atomic E-state index is 10.1. The zero-order valence-corrected chi connectivity index (χ0v) is 22.5. The lowest BCUT2D eigenvalue weighted by atomic mass is 9.84. The monoisotopic (exact) mass is 577 g/mol. The molecule has 44 heavy (non-hydrogen) atoms. The molecule has 0 N–H and O–H groups in total. The van der Waals surface area contributed by atoms with Gasteiger partial charge < -0.3 is 0 Å². The van der Waals surface area contributed by atoms with E-state index in [0.717, 1.165) is 5.39 Å². The molecule has 0 saturated heterocycles. The minimum atomic E-state index is -0.860. The smallest absolute Gasteiger partial charge is 0.0616 e. The van der Waals surface area contributed by atoms with Crippen LogP contribution in [0.4, 0.5) is 0 Å². The fourth-order valence-electron chi connectivity index (χ4n) is 5.54. The van der Waals surface area contributed by atoms with Gasteiger partial charge >= 0.3 is 0 Å². The van der Waals surface area contributed by atoms with Crippen molar-refractivity contribution in [3.63, 3.8) is 0 Å². The van der Waals surface area contributed by atoms with E-state index in [1.54, 1.807) is 36.4 Å². The number of benzene rings is 9. The van der Waals surface area contributed by atoms with Gasteiger partial charge in [-0.2, -0.15) is 0 Å². The Bertz CT molecular complexity index is 3730. The Morgan fingerprint density at radius 2 is 0.841 bits per heavy atom. The highest BCUT2D eigenvalue weighted by Gasteiger charge is 2.18. The largest absolute Gasteiger partial charge is 0.0636 e. The van der Waals surface area contributed by atoms with E-state index in [-0.39, 0.29) is 21.9 Å². The molecule has 0 unspecified atom stereocenters. The van der Waals surface area contributed by atoms with Crippen LogP contribution in [-0.4, -0.2) is 0 Å². The molecule has 0 nitrogen and oxygen atoms in total. The lowest BCUT2D eigenvalue weighted by Gasteiger charge is -2.19. The second kappa shape index (κ2) is 9.93. The van der Waals surface area contributed by atoms with Gasteiger partial charge in [0.05, 0.1) is 28.8 Å². The topological polar surface area (TPSA) is 0 Å². The molecule has 9 aromatic carbocycles. The summed E-state index contributed by atoms with van der Waals surface area (Å²) in [7, 11) is 0. The molecular formula is C44H28. The molecule has 0 radical (unpaired) electrons. The molecule has 0 aliphatic rings. The molecule has 0 bridgehead atoms. The van der Waals surface area contributed by atoms with E-state index >= 15 is 0 Å². The summed E-state index contributed by atoms with van der Waals surface area (Å²) in [5.41, 5.74) is -2.38.